The monoisotopic (exact) mass is 408 g/mol. The van der Waals surface area contributed by atoms with Crippen molar-refractivity contribution in [1.29, 1.82) is 0 Å². The minimum absolute atomic E-state index is 0.00123. The zero-order chi connectivity index (χ0) is 22.0. The molecule has 0 fully saturated rings. The predicted octanol–water partition coefficient (Wildman–Crippen LogP) is 0.189. The summed E-state index contributed by atoms with van der Waals surface area (Å²) in [6.45, 7) is 3.20. The van der Waals surface area contributed by atoms with Crippen LogP contribution in [0.3, 0.4) is 0 Å². The molecule has 0 radical (unpaired) electrons. The number of benzene rings is 1. The molecule has 158 valence electrons. The third kappa shape index (κ3) is 6.91. The van der Waals surface area contributed by atoms with E-state index in [1.165, 1.54) is 31.4 Å². The number of hydrogen-bond acceptors (Lipinski definition) is 8. The number of hydrogen-bond donors (Lipinski definition) is 2. The fourth-order valence-corrected chi connectivity index (χ4v) is 2.49. The first-order chi connectivity index (χ1) is 13.7. The lowest BCUT2D eigenvalue weighted by molar-refractivity contribution is -0.156. The molecule has 0 bridgehead atoms. The number of amides is 2. The molecule has 0 unspecified atom stereocenters. The van der Waals surface area contributed by atoms with Crippen molar-refractivity contribution >= 4 is 29.7 Å². The SMILES string of the molecule is CCOC(=O)C[C@@H](C(=O)OCC)[C@H](NC(=O)c1cccc(C(=O)OC)c1)C(N)=O. The molecule has 0 aliphatic carbocycles. The van der Waals surface area contributed by atoms with E-state index in [1.807, 2.05) is 0 Å². The molecule has 1 rings (SSSR count). The van der Waals surface area contributed by atoms with Crippen LogP contribution in [0.15, 0.2) is 24.3 Å². The first-order valence-electron chi connectivity index (χ1n) is 8.85. The summed E-state index contributed by atoms with van der Waals surface area (Å²) in [5.74, 6) is -5.48. The molecule has 1 aromatic carbocycles. The van der Waals surface area contributed by atoms with E-state index in [9.17, 15) is 24.0 Å². The molecular weight excluding hydrogens is 384 g/mol. The van der Waals surface area contributed by atoms with Crippen molar-refractivity contribution in [2.24, 2.45) is 11.7 Å². The molecule has 0 spiro atoms. The van der Waals surface area contributed by atoms with Gasteiger partial charge in [-0.15, -0.1) is 0 Å². The summed E-state index contributed by atoms with van der Waals surface area (Å²) in [5, 5.41) is 2.33. The largest absolute Gasteiger partial charge is 0.466 e. The van der Waals surface area contributed by atoms with E-state index >= 15 is 0 Å². The van der Waals surface area contributed by atoms with Crippen LogP contribution >= 0.6 is 0 Å². The molecule has 0 aliphatic rings. The van der Waals surface area contributed by atoms with E-state index in [0.29, 0.717) is 0 Å². The van der Waals surface area contributed by atoms with E-state index < -0.39 is 48.1 Å². The van der Waals surface area contributed by atoms with E-state index in [0.717, 1.165) is 0 Å². The van der Waals surface area contributed by atoms with E-state index in [2.05, 4.69) is 10.1 Å². The molecule has 10 heteroatoms. The van der Waals surface area contributed by atoms with Gasteiger partial charge in [-0.2, -0.15) is 0 Å². The number of esters is 3. The zero-order valence-corrected chi connectivity index (χ0v) is 16.4. The molecule has 0 saturated carbocycles. The lowest BCUT2D eigenvalue weighted by Gasteiger charge is -2.23. The minimum atomic E-state index is -1.53. The Balaban J connectivity index is 3.13. The Hall–Kier alpha value is -3.43. The zero-order valence-electron chi connectivity index (χ0n) is 16.4. The number of carbonyl (C=O) groups is 5. The quantitative estimate of drug-likeness (QED) is 0.411. The summed E-state index contributed by atoms with van der Waals surface area (Å²) in [7, 11) is 1.19. The second-order valence-corrected chi connectivity index (χ2v) is 5.79. The fourth-order valence-electron chi connectivity index (χ4n) is 2.49. The topological polar surface area (TPSA) is 151 Å². The van der Waals surface area contributed by atoms with Crippen molar-refractivity contribution in [3.05, 3.63) is 35.4 Å². The van der Waals surface area contributed by atoms with Crippen LogP contribution in [-0.2, 0) is 28.6 Å². The van der Waals surface area contributed by atoms with Crippen LogP contribution in [-0.4, -0.2) is 56.1 Å². The molecule has 29 heavy (non-hydrogen) atoms. The molecule has 0 heterocycles. The third-order valence-corrected chi connectivity index (χ3v) is 3.82. The second kappa shape index (κ2) is 11.4. The highest BCUT2D eigenvalue weighted by Gasteiger charge is 2.37. The number of carbonyl (C=O) groups excluding carboxylic acids is 5. The van der Waals surface area contributed by atoms with Crippen LogP contribution in [0.4, 0.5) is 0 Å². The highest BCUT2D eigenvalue weighted by Crippen LogP contribution is 2.15. The molecule has 1 aromatic rings. The average Bonchev–Trinajstić information content (AvgIpc) is 2.70. The smallest absolute Gasteiger partial charge is 0.337 e. The molecule has 0 aliphatic heterocycles. The van der Waals surface area contributed by atoms with Gasteiger partial charge in [-0.05, 0) is 32.0 Å². The number of nitrogens with two attached hydrogens (primary N) is 1. The van der Waals surface area contributed by atoms with Crippen molar-refractivity contribution < 1.29 is 38.2 Å². The first-order valence-corrected chi connectivity index (χ1v) is 8.85. The maximum Gasteiger partial charge on any atom is 0.337 e. The highest BCUT2D eigenvalue weighted by atomic mass is 16.5. The van der Waals surface area contributed by atoms with Crippen molar-refractivity contribution in [2.45, 2.75) is 26.3 Å². The van der Waals surface area contributed by atoms with Gasteiger partial charge < -0.3 is 25.3 Å². The average molecular weight is 408 g/mol. The second-order valence-electron chi connectivity index (χ2n) is 5.79. The standard InChI is InChI=1S/C19H24N2O8/c1-4-28-14(22)10-13(19(26)29-5-2)15(16(20)23)21-17(24)11-7-6-8-12(9-11)18(25)27-3/h6-9,13,15H,4-5,10H2,1-3H3,(H2,20,23)(H,21,24)/t13-,15+/m1/s1. The normalized spacial score (nSPS) is 12.2. The Morgan fingerprint density at radius 2 is 1.66 bits per heavy atom. The van der Waals surface area contributed by atoms with Gasteiger partial charge in [-0.25, -0.2) is 4.79 Å². The van der Waals surface area contributed by atoms with E-state index in [-0.39, 0.29) is 24.3 Å². The Labute approximate surface area is 167 Å². The summed E-state index contributed by atoms with van der Waals surface area (Å²) in [6.07, 6.45) is -0.511. The summed E-state index contributed by atoms with van der Waals surface area (Å²) in [5.41, 5.74) is 5.50. The maximum absolute atomic E-state index is 12.6. The molecule has 0 aromatic heterocycles. The first kappa shape index (κ1) is 23.6. The van der Waals surface area contributed by atoms with Gasteiger partial charge in [-0.3, -0.25) is 19.2 Å². The van der Waals surface area contributed by atoms with Gasteiger partial charge in [0.1, 0.15) is 6.04 Å². The Bertz CT molecular complexity index is 777. The van der Waals surface area contributed by atoms with Crippen LogP contribution < -0.4 is 11.1 Å². The summed E-state index contributed by atoms with van der Waals surface area (Å²) in [6, 6.07) is 4.00. The maximum atomic E-state index is 12.6. The van der Waals surface area contributed by atoms with Gasteiger partial charge in [-0.1, -0.05) is 6.07 Å². The van der Waals surface area contributed by atoms with Gasteiger partial charge >= 0.3 is 17.9 Å². The van der Waals surface area contributed by atoms with Crippen molar-refractivity contribution in [2.75, 3.05) is 20.3 Å². The lowest BCUT2D eigenvalue weighted by atomic mass is 9.95. The number of methoxy groups -OCH3 is 1. The van der Waals surface area contributed by atoms with Crippen molar-refractivity contribution in [3.63, 3.8) is 0 Å². The fraction of sp³-hybridized carbons (Fsp3) is 0.421. The predicted molar refractivity (Wildman–Crippen MR) is 99.6 cm³/mol. The Morgan fingerprint density at radius 1 is 1.03 bits per heavy atom. The van der Waals surface area contributed by atoms with Crippen LogP contribution in [0.1, 0.15) is 41.0 Å². The molecule has 10 nitrogen and oxygen atoms in total. The lowest BCUT2D eigenvalue weighted by Crippen LogP contribution is -2.52. The molecule has 2 atom stereocenters. The van der Waals surface area contributed by atoms with Crippen LogP contribution in [0, 0.1) is 5.92 Å². The number of nitrogens with one attached hydrogen (secondary N) is 1. The number of ether oxygens (including phenoxy) is 3. The molecule has 2 amide bonds. The van der Waals surface area contributed by atoms with Crippen molar-refractivity contribution in [3.8, 4) is 0 Å². The minimum Gasteiger partial charge on any atom is -0.466 e. The van der Waals surface area contributed by atoms with Gasteiger partial charge in [0.05, 0.1) is 38.2 Å². The summed E-state index contributed by atoms with van der Waals surface area (Å²) < 4.78 is 14.3. The highest BCUT2D eigenvalue weighted by molar-refractivity contribution is 6.01. The Kier molecular flexibility index (Phi) is 9.30. The van der Waals surface area contributed by atoms with Gasteiger partial charge in [0.2, 0.25) is 5.91 Å². The van der Waals surface area contributed by atoms with Gasteiger partial charge in [0, 0.05) is 5.56 Å². The van der Waals surface area contributed by atoms with E-state index in [4.69, 9.17) is 15.2 Å². The molecule has 0 saturated heterocycles. The van der Waals surface area contributed by atoms with Crippen LogP contribution in [0.5, 0.6) is 0 Å². The number of rotatable bonds is 10. The summed E-state index contributed by atoms with van der Waals surface area (Å²) in [4.78, 5) is 60.3. The third-order valence-electron chi connectivity index (χ3n) is 3.82. The molecular formula is C19H24N2O8. The van der Waals surface area contributed by atoms with Gasteiger partial charge in [0.15, 0.2) is 0 Å². The van der Waals surface area contributed by atoms with Crippen molar-refractivity contribution in [1.82, 2.24) is 5.32 Å². The number of primary amides is 1. The van der Waals surface area contributed by atoms with Crippen LogP contribution in [0.25, 0.3) is 0 Å². The van der Waals surface area contributed by atoms with Gasteiger partial charge in [0.25, 0.3) is 5.91 Å². The Morgan fingerprint density at radius 3 is 2.21 bits per heavy atom. The van der Waals surface area contributed by atoms with E-state index in [1.54, 1.807) is 13.8 Å². The van der Waals surface area contributed by atoms with Crippen LogP contribution in [0.2, 0.25) is 0 Å². The summed E-state index contributed by atoms with van der Waals surface area (Å²) >= 11 is 0. The molecule has 3 N–H and O–H groups in total.